The maximum absolute atomic E-state index is 12.6. The van der Waals surface area contributed by atoms with Crippen molar-refractivity contribution in [3.05, 3.63) is 48.5 Å². The Kier molecular flexibility index (Phi) is 4.56. The number of nitrogens with zero attached hydrogens (tertiary/aromatic N) is 3. The summed E-state index contributed by atoms with van der Waals surface area (Å²) in [5.74, 6) is 1.38. The Balaban J connectivity index is 1.51. The number of hydrogen-bond acceptors (Lipinski definition) is 4. The summed E-state index contributed by atoms with van der Waals surface area (Å²) in [7, 11) is 0. The van der Waals surface area contributed by atoms with Gasteiger partial charge in [-0.2, -0.15) is 0 Å². The van der Waals surface area contributed by atoms with Crippen LogP contribution in [0.3, 0.4) is 0 Å². The third-order valence-electron chi connectivity index (χ3n) is 4.69. The van der Waals surface area contributed by atoms with E-state index in [0.29, 0.717) is 5.69 Å². The van der Waals surface area contributed by atoms with Crippen molar-refractivity contribution in [1.82, 2.24) is 15.0 Å². The first kappa shape index (κ1) is 16.6. The standard InChI is InChI=1S/C20H23N5O/c1-2-9-25(12-14-3-4-14)19-11-18(22-13-23-19)20(26)24-16-5-6-17-15(10-16)7-8-21-17/h5-8,10-11,13-14,21H,2-4,9,12H2,1H3,(H,24,26). The summed E-state index contributed by atoms with van der Waals surface area (Å²) in [5.41, 5.74) is 2.19. The van der Waals surface area contributed by atoms with Crippen molar-refractivity contribution in [3.63, 3.8) is 0 Å². The van der Waals surface area contributed by atoms with Crippen LogP contribution in [0.15, 0.2) is 42.9 Å². The van der Waals surface area contributed by atoms with E-state index in [1.165, 1.54) is 19.2 Å². The normalized spacial score (nSPS) is 13.7. The van der Waals surface area contributed by atoms with Gasteiger partial charge < -0.3 is 15.2 Å². The summed E-state index contributed by atoms with van der Waals surface area (Å²) in [6.45, 7) is 4.11. The van der Waals surface area contributed by atoms with Gasteiger partial charge >= 0.3 is 0 Å². The van der Waals surface area contributed by atoms with Gasteiger partial charge in [0.15, 0.2) is 0 Å². The van der Waals surface area contributed by atoms with E-state index in [1.807, 2.05) is 30.5 Å². The number of rotatable bonds is 7. The van der Waals surface area contributed by atoms with Gasteiger partial charge in [-0.1, -0.05) is 6.92 Å². The Morgan fingerprint density at radius 3 is 2.96 bits per heavy atom. The fourth-order valence-corrected chi connectivity index (χ4v) is 3.15. The fraction of sp³-hybridized carbons (Fsp3) is 0.350. The molecule has 0 bridgehead atoms. The van der Waals surface area contributed by atoms with E-state index in [2.05, 4.69) is 32.1 Å². The molecule has 0 atom stereocenters. The number of nitrogens with one attached hydrogen (secondary N) is 2. The molecule has 1 aliphatic carbocycles. The highest BCUT2D eigenvalue weighted by atomic mass is 16.1. The van der Waals surface area contributed by atoms with Gasteiger partial charge in [-0.15, -0.1) is 0 Å². The van der Waals surface area contributed by atoms with E-state index in [0.717, 1.165) is 47.8 Å². The van der Waals surface area contributed by atoms with Gasteiger partial charge in [0.2, 0.25) is 0 Å². The van der Waals surface area contributed by atoms with Crippen molar-refractivity contribution in [3.8, 4) is 0 Å². The topological polar surface area (TPSA) is 73.9 Å². The van der Waals surface area contributed by atoms with Gasteiger partial charge in [-0.3, -0.25) is 4.79 Å². The van der Waals surface area contributed by atoms with Gasteiger partial charge in [0.05, 0.1) is 0 Å². The number of hydrogen-bond donors (Lipinski definition) is 2. The molecule has 6 nitrogen and oxygen atoms in total. The van der Waals surface area contributed by atoms with E-state index in [1.54, 1.807) is 6.07 Å². The first-order valence-electron chi connectivity index (χ1n) is 9.18. The highest BCUT2D eigenvalue weighted by molar-refractivity contribution is 6.04. The third-order valence-corrected chi connectivity index (χ3v) is 4.69. The molecule has 0 radical (unpaired) electrons. The van der Waals surface area contributed by atoms with Crippen LogP contribution >= 0.6 is 0 Å². The lowest BCUT2D eigenvalue weighted by Gasteiger charge is -2.23. The van der Waals surface area contributed by atoms with Crippen molar-refractivity contribution in [2.24, 2.45) is 5.92 Å². The molecule has 2 N–H and O–H groups in total. The molecule has 1 fully saturated rings. The molecule has 4 rings (SSSR count). The summed E-state index contributed by atoms with van der Waals surface area (Å²) in [5, 5.41) is 3.99. The number of anilines is 2. The minimum atomic E-state index is -0.216. The van der Waals surface area contributed by atoms with Crippen LogP contribution in [0.25, 0.3) is 10.9 Å². The summed E-state index contributed by atoms with van der Waals surface area (Å²) < 4.78 is 0. The molecule has 2 aromatic heterocycles. The first-order chi connectivity index (χ1) is 12.7. The molecule has 1 amide bonds. The Morgan fingerprint density at radius 2 is 2.15 bits per heavy atom. The predicted molar refractivity (Wildman–Crippen MR) is 104 cm³/mol. The molecule has 0 unspecified atom stereocenters. The van der Waals surface area contributed by atoms with Crippen molar-refractivity contribution in [2.45, 2.75) is 26.2 Å². The predicted octanol–water partition coefficient (Wildman–Crippen LogP) is 3.84. The average Bonchev–Trinajstić information content (AvgIpc) is 3.35. The zero-order chi connectivity index (χ0) is 17.9. The minimum absolute atomic E-state index is 0.216. The quantitative estimate of drug-likeness (QED) is 0.680. The van der Waals surface area contributed by atoms with Gasteiger partial charge in [0.1, 0.15) is 17.8 Å². The molecule has 6 heteroatoms. The van der Waals surface area contributed by atoms with Crippen LogP contribution in [0.5, 0.6) is 0 Å². The number of benzene rings is 1. The average molecular weight is 349 g/mol. The molecule has 3 aromatic rings. The van der Waals surface area contributed by atoms with Gasteiger partial charge in [0.25, 0.3) is 5.91 Å². The van der Waals surface area contributed by atoms with E-state index < -0.39 is 0 Å². The number of H-pyrrole nitrogens is 1. The summed E-state index contributed by atoms with van der Waals surface area (Å²) in [4.78, 5) is 26.6. The third kappa shape index (κ3) is 3.69. The highest BCUT2D eigenvalue weighted by Crippen LogP contribution is 2.31. The van der Waals surface area contributed by atoms with E-state index in [4.69, 9.17) is 0 Å². The van der Waals surface area contributed by atoms with Crippen LogP contribution in [-0.4, -0.2) is 33.9 Å². The molecular weight excluding hydrogens is 326 g/mol. The zero-order valence-corrected chi connectivity index (χ0v) is 14.9. The second-order valence-electron chi connectivity index (χ2n) is 6.88. The number of aromatic nitrogens is 3. The van der Waals surface area contributed by atoms with Crippen molar-refractivity contribution in [1.29, 1.82) is 0 Å². The zero-order valence-electron chi connectivity index (χ0n) is 14.9. The van der Waals surface area contributed by atoms with Gasteiger partial charge in [-0.25, -0.2) is 9.97 Å². The van der Waals surface area contributed by atoms with Crippen LogP contribution in [0.1, 0.15) is 36.7 Å². The van der Waals surface area contributed by atoms with Crippen molar-refractivity contribution < 1.29 is 4.79 Å². The van der Waals surface area contributed by atoms with Crippen molar-refractivity contribution >= 4 is 28.3 Å². The summed E-state index contributed by atoms with van der Waals surface area (Å²) >= 11 is 0. The monoisotopic (exact) mass is 349 g/mol. The molecule has 1 aliphatic rings. The molecule has 2 heterocycles. The molecule has 0 saturated heterocycles. The van der Waals surface area contributed by atoms with Crippen LogP contribution in [0.4, 0.5) is 11.5 Å². The Morgan fingerprint density at radius 1 is 1.27 bits per heavy atom. The van der Waals surface area contributed by atoms with E-state index in [9.17, 15) is 4.79 Å². The number of fused-ring (bicyclic) bond motifs is 1. The minimum Gasteiger partial charge on any atom is -0.361 e. The molecule has 134 valence electrons. The van der Waals surface area contributed by atoms with Crippen LogP contribution in [0.2, 0.25) is 0 Å². The van der Waals surface area contributed by atoms with Crippen LogP contribution < -0.4 is 10.2 Å². The molecule has 1 aromatic carbocycles. The lowest BCUT2D eigenvalue weighted by Crippen LogP contribution is -2.28. The van der Waals surface area contributed by atoms with Crippen LogP contribution in [-0.2, 0) is 0 Å². The number of aromatic amines is 1. The Labute approximate surface area is 152 Å². The fourth-order valence-electron chi connectivity index (χ4n) is 3.15. The van der Waals surface area contributed by atoms with Crippen molar-refractivity contribution in [2.75, 3.05) is 23.3 Å². The van der Waals surface area contributed by atoms with E-state index >= 15 is 0 Å². The Bertz CT molecular complexity index is 915. The SMILES string of the molecule is CCCN(CC1CC1)c1cc(C(=O)Nc2ccc3[nH]ccc3c2)ncn1. The number of carbonyl (C=O) groups excluding carboxylic acids is 1. The molecule has 0 aliphatic heterocycles. The molecule has 1 saturated carbocycles. The highest BCUT2D eigenvalue weighted by Gasteiger charge is 2.25. The van der Waals surface area contributed by atoms with Crippen LogP contribution in [0, 0.1) is 5.92 Å². The summed E-state index contributed by atoms with van der Waals surface area (Å²) in [6, 6.07) is 9.56. The summed E-state index contributed by atoms with van der Waals surface area (Å²) in [6.07, 6.45) is 7.00. The van der Waals surface area contributed by atoms with E-state index in [-0.39, 0.29) is 5.91 Å². The lowest BCUT2D eigenvalue weighted by molar-refractivity contribution is 0.102. The molecule has 0 spiro atoms. The molecular formula is C20H23N5O. The molecule has 26 heavy (non-hydrogen) atoms. The van der Waals surface area contributed by atoms with Gasteiger partial charge in [0, 0.05) is 41.9 Å². The maximum atomic E-state index is 12.6. The van der Waals surface area contributed by atoms with Gasteiger partial charge in [-0.05, 0) is 49.4 Å². The number of amides is 1. The first-order valence-corrected chi connectivity index (χ1v) is 9.18. The second-order valence-corrected chi connectivity index (χ2v) is 6.88. The maximum Gasteiger partial charge on any atom is 0.274 e. The smallest absolute Gasteiger partial charge is 0.274 e. The largest absolute Gasteiger partial charge is 0.361 e. The second kappa shape index (κ2) is 7.15. The number of carbonyl (C=O) groups is 1. The Hall–Kier alpha value is -2.89. The lowest BCUT2D eigenvalue weighted by atomic mass is 10.2.